The Balaban J connectivity index is 2.59. The average Bonchev–Trinajstić information content (AvgIpc) is 2.29. The molecular formula is C14H24N2O. The summed E-state index contributed by atoms with van der Waals surface area (Å²) in [4.78, 5) is 0. The summed E-state index contributed by atoms with van der Waals surface area (Å²) >= 11 is 0. The van der Waals surface area contributed by atoms with Crippen LogP contribution in [0.5, 0.6) is 5.75 Å². The predicted molar refractivity (Wildman–Crippen MR) is 72.6 cm³/mol. The number of methoxy groups -OCH3 is 1. The smallest absolute Gasteiger partial charge is 0.123 e. The molecule has 0 spiro atoms. The van der Waals surface area contributed by atoms with Crippen molar-refractivity contribution in [2.24, 2.45) is 0 Å². The lowest BCUT2D eigenvalue weighted by Gasteiger charge is -2.24. The number of likely N-dealkylation sites (N-methyl/N-ethyl adjacent to an activating group) is 1. The largest absolute Gasteiger partial charge is 0.496 e. The third-order valence-electron chi connectivity index (χ3n) is 3.00. The van der Waals surface area contributed by atoms with Crippen molar-refractivity contribution in [3.8, 4) is 5.75 Å². The number of hydrogen-bond acceptors (Lipinski definition) is 3. The third-order valence-corrected chi connectivity index (χ3v) is 3.00. The molecule has 17 heavy (non-hydrogen) atoms. The van der Waals surface area contributed by atoms with E-state index in [0.717, 1.165) is 18.8 Å². The lowest BCUT2D eigenvalue weighted by Crippen LogP contribution is -2.45. The van der Waals surface area contributed by atoms with Crippen LogP contribution in [0.4, 0.5) is 0 Å². The van der Waals surface area contributed by atoms with E-state index < -0.39 is 0 Å². The van der Waals surface area contributed by atoms with Crippen molar-refractivity contribution in [1.29, 1.82) is 0 Å². The second kappa shape index (κ2) is 6.03. The van der Waals surface area contributed by atoms with E-state index in [4.69, 9.17) is 4.74 Å². The van der Waals surface area contributed by atoms with E-state index in [1.165, 1.54) is 11.1 Å². The van der Waals surface area contributed by atoms with Gasteiger partial charge < -0.3 is 15.4 Å². The molecule has 0 aromatic heterocycles. The molecule has 96 valence electrons. The molecule has 0 radical (unpaired) electrons. The molecule has 0 aliphatic rings. The summed E-state index contributed by atoms with van der Waals surface area (Å²) in [5, 5.41) is 6.73. The lowest BCUT2D eigenvalue weighted by molar-refractivity contribution is 0.384. The summed E-state index contributed by atoms with van der Waals surface area (Å²) in [6, 6.07) is 6.26. The van der Waals surface area contributed by atoms with Crippen LogP contribution in [-0.2, 0) is 6.54 Å². The Labute approximate surface area is 105 Å². The van der Waals surface area contributed by atoms with Crippen LogP contribution in [0.2, 0.25) is 0 Å². The monoisotopic (exact) mass is 236 g/mol. The van der Waals surface area contributed by atoms with Crippen LogP contribution in [0, 0.1) is 6.92 Å². The number of rotatable bonds is 6. The van der Waals surface area contributed by atoms with Gasteiger partial charge in [0.2, 0.25) is 0 Å². The third kappa shape index (κ3) is 4.36. The van der Waals surface area contributed by atoms with E-state index in [2.05, 4.69) is 43.5 Å². The minimum Gasteiger partial charge on any atom is -0.496 e. The summed E-state index contributed by atoms with van der Waals surface area (Å²) in [6.45, 7) is 8.19. The second-order valence-corrected chi connectivity index (χ2v) is 5.05. The highest BCUT2D eigenvalue weighted by Gasteiger charge is 2.13. The van der Waals surface area contributed by atoms with E-state index in [9.17, 15) is 0 Å². The van der Waals surface area contributed by atoms with E-state index in [0.29, 0.717) is 0 Å². The van der Waals surface area contributed by atoms with Crippen molar-refractivity contribution in [2.75, 3.05) is 20.7 Å². The van der Waals surface area contributed by atoms with E-state index in [1.807, 2.05) is 13.1 Å². The van der Waals surface area contributed by atoms with Crippen LogP contribution in [0.15, 0.2) is 18.2 Å². The zero-order chi connectivity index (χ0) is 12.9. The first kappa shape index (κ1) is 14.0. The zero-order valence-corrected chi connectivity index (χ0v) is 11.6. The normalized spacial score (nSPS) is 11.6. The van der Waals surface area contributed by atoms with Crippen LogP contribution in [0.1, 0.15) is 25.0 Å². The van der Waals surface area contributed by atoms with Gasteiger partial charge in [-0.25, -0.2) is 0 Å². The maximum Gasteiger partial charge on any atom is 0.123 e. The standard InChI is InChI=1S/C14H24N2O/c1-11-6-7-13(17-5)12(8-11)9-16-10-14(2,3)15-4/h6-8,15-16H,9-10H2,1-5H3. The highest BCUT2D eigenvalue weighted by Crippen LogP contribution is 2.19. The molecule has 0 unspecified atom stereocenters. The molecule has 1 aromatic rings. The Morgan fingerprint density at radius 3 is 2.59 bits per heavy atom. The molecule has 0 atom stereocenters. The molecule has 2 N–H and O–H groups in total. The molecule has 0 aliphatic heterocycles. The number of nitrogens with one attached hydrogen (secondary N) is 2. The van der Waals surface area contributed by atoms with Gasteiger partial charge >= 0.3 is 0 Å². The fourth-order valence-electron chi connectivity index (χ4n) is 1.64. The summed E-state index contributed by atoms with van der Waals surface area (Å²) in [6.07, 6.45) is 0. The first-order valence-corrected chi connectivity index (χ1v) is 6.01. The molecule has 0 fully saturated rings. The van der Waals surface area contributed by atoms with Crippen molar-refractivity contribution >= 4 is 0 Å². The maximum absolute atomic E-state index is 5.35. The molecule has 1 aromatic carbocycles. The van der Waals surface area contributed by atoms with Crippen molar-refractivity contribution < 1.29 is 4.74 Å². The molecule has 0 bridgehead atoms. The van der Waals surface area contributed by atoms with E-state index in [1.54, 1.807) is 7.11 Å². The minimum atomic E-state index is 0.108. The van der Waals surface area contributed by atoms with Crippen LogP contribution in [-0.4, -0.2) is 26.2 Å². The highest BCUT2D eigenvalue weighted by molar-refractivity contribution is 5.36. The van der Waals surface area contributed by atoms with Crippen LogP contribution in [0.3, 0.4) is 0 Å². The van der Waals surface area contributed by atoms with Gasteiger partial charge in [0, 0.05) is 24.2 Å². The second-order valence-electron chi connectivity index (χ2n) is 5.05. The average molecular weight is 236 g/mol. The number of ether oxygens (including phenoxy) is 1. The van der Waals surface area contributed by atoms with Gasteiger partial charge in [0.15, 0.2) is 0 Å². The summed E-state index contributed by atoms with van der Waals surface area (Å²) in [7, 11) is 3.70. The van der Waals surface area contributed by atoms with Crippen LogP contribution < -0.4 is 15.4 Å². The Kier molecular flexibility index (Phi) is 4.97. The maximum atomic E-state index is 5.35. The minimum absolute atomic E-state index is 0.108. The summed E-state index contributed by atoms with van der Waals surface area (Å²) < 4.78 is 5.35. The molecule has 0 heterocycles. The molecule has 3 nitrogen and oxygen atoms in total. The number of benzene rings is 1. The summed E-state index contributed by atoms with van der Waals surface area (Å²) in [5.74, 6) is 0.949. The number of hydrogen-bond donors (Lipinski definition) is 2. The van der Waals surface area contributed by atoms with Gasteiger partial charge in [0.25, 0.3) is 0 Å². The van der Waals surface area contributed by atoms with Crippen LogP contribution >= 0.6 is 0 Å². The van der Waals surface area contributed by atoms with E-state index in [-0.39, 0.29) is 5.54 Å². The van der Waals surface area contributed by atoms with Crippen molar-refractivity contribution in [2.45, 2.75) is 32.9 Å². The van der Waals surface area contributed by atoms with Gasteiger partial charge in [0.05, 0.1) is 7.11 Å². The van der Waals surface area contributed by atoms with Gasteiger partial charge in [-0.2, -0.15) is 0 Å². The molecule has 1 rings (SSSR count). The highest BCUT2D eigenvalue weighted by atomic mass is 16.5. The quantitative estimate of drug-likeness (QED) is 0.793. The Morgan fingerprint density at radius 1 is 1.29 bits per heavy atom. The van der Waals surface area contributed by atoms with Crippen molar-refractivity contribution in [3.63, 3.8) is 0 Å². The van der Waals surface area contributed by atoms with Crippen molar-refractivity contribution in [3.05, 3.63) is 29.3 Å². The Hall–Kier alpha value is -1.06. The summed E-state index contributed by atoms with van der Waals surface area (Å²) in [5.41, 5.74) is 2.58. The SMILES string of the molecule is CNC(C)(C)CNCc1cc(C)ccc1OC. The molecule has 0 saturated carbocycles. The Bertz CT molecular complexity index is 361. The molecular weight excluding hydrogens is 212 g/mol. The van der Waals surface area contributed by atoms with Crippen molar-refractivity contribution in [1.82, 2.24) is 10.6 Å². The molecule has 0 aliphatic carbocycles. The zero-order valence-electron chi connectivity index (χ0n) is 11.6. The van der Waals surface area contributed by atoms with Gasteiger partial charge in [-0.05, 0) is 33.9 Å². The Morgan fingerprint density at radius 2 is 2.00 bits per heavy atom. The first-order chi connectivity index (χ1) is 7.98. The van der Waals surface area contributed by atoms with Gasteiger partial charge in [0.1, 0.15) is 5.75 Å². The van der Waals surface area contributed by atoms with Crippen LogP contribution in [0.25, 0.3) is 0 Å². The van der Waals surface area contributed by atoms with Gasteiger partial charge in [-0.15, -0.1) is 0 Å². The predicted octanol–water partition coefficient (Wildman–Crippen LogP) is 2.09. The van der Waals surface area contributed by atoms with E-state index >= 15 is 0 Å². The fraction of sp³-hybridized carbons (Fsp3) is 0.571. The fourth-order valence-corrected chi connectivity index (χ4v) is 1.64. The molecule has 0 saturated heterocycles. The molecule has 3 heteroatoms. The molecule has 0 amide bonds. The number of aryl methyl sites for hydroxylation is 1. The van der Waals surface area contributed by atoms with Gasteiger partial charge in [-0.1, -0.05) is 17.7 Å². The first-order valence-electron chi connectivity index (χ1n) is 6.01. The topological polar surface area (TPSA) is 33.3 Å². The lowest BCUT2D eigenvalue weighted by atomic mass is 10.1. The van der Waals surface area contributed by atoms with Gasteiger partial charge in [-0.3, -0.25) is 0 Å².